The highest BCUT2D eigenvalue weighted by atomic mass is 32.1. The normalized spacial score (nSPS) is 35.1. The van der Waals surface area contributed by atoms with Gasteiger partial charge in [0.2, 0.25) is 0 Å². The number of carbonyl (C=O) groups is 1. The van der Waals surface area contributed by atoms with Crippen molar-refractivity contribution >= 4 is 28.8 Å². The molecule has 0 saturated heterocycles. The highest BCUT2D eigenvalue weighted by molar-refractivity contribution is 7.80. The molecule has 0 spiro atoms. The number of rotatable bonds is 1. The van der Waals surface area contributed by atoms with Crippen LogP contribution in [0.25, 0.3) is 0 Å². The summed E-state index contributed by atoms with van der Waals surface area (Å²) in [7, 11) is 3.70. The summed E-state index contributed by atoms with van der Waals surface area (Å²) in [6.07, 6.45) is 2.02. The quantitative estimate of drug-likeness (QED) is 0.581. The van der Waals surface area contributed by atoms with Crippen molar-refractivity contribution in [2.24, 2.45) is 21.8 Å². The molecule has 2 bridgehead atoms. The van der Waals surface area contributed by atoms with Gasteiger partial charge in [0.15, 0.2) is 10.9 Å². The third-order valence-corrected chi connectivity index (χ3v) is 5.42. The fourth-order valence-corrected chi connectivity index (χ4v) is 3.21. The summed E-state index contributed by atoms with van der Waals surface area (Å²) in [6.45, 7) is 6.42. The molecule has 1 N–H and O–H groups in total. The van der Waals surface area contributed by atoms with Crippen LogP contribution in [0.3, 0.4) is 0 Å². The molecule has 2 rings (SSSR count). The number of nitrogens with one attached hydrogen (secondary N) is 1. The van der Waals surface area contributed by atoms with Crippen molar-refractivity contribution in [1.82, 2.24) is 10.3 Å². The monoisotopic (exact) mass is 267 g/mol. The number of hydrogen-bond donors (Lipinski definition) is 1. The van der Waals surface area contributed by atoms with E-state index in [1.54, 1.807) is 4.90 Å². The molecule has 0 aromatic heterocycles. The van der Waals surface area contributed by atoms with Gasteiger partial charge < -0.3 is 4.90 Å². The Labute approximate surface area is 114 Å². The zero-order chi connectivity index (χ0) is 13.7. The van der Waals surface area contributed by atoms with E-state index >= 15 is 0 Å². The summed E-state index contributed by atoms with van der Waals surface area (Å²) >= 11 is 5.12. The molecule has 2 atom stereocenters. The predicted molar refractivity (Wildman–Crippen MR) is 76.5 cm³/mol. The van der Waals surface area contributed by atoms with E-state index in [9.17, 15) is 4.79 Å². The minimum absolute atomic E-state index is 0.00430. The number of nitrogens with zero attached hydrogens (tertiary/aromatic N) is 2. The van der Waals surface area contributed by atoms with Gasteiger partial charge in [-0.3, -0.25) is 10.2 Å². The van der Waals surface area contributed by atoms with E-state index in [0.29, 0.717) is 10.8 Å². The summed E-state index contributed by atoms with van der Waals surface area (Å²) in [5.74, 6) is 0.449. The van der Waals surface area contributed by atoms with Crippen molar-refractivity contribution in [3.05, 3.63) is 0 Å². The number of thiocarbonyl (C=S) groups is 1. The highest BCUT2D eigenvalue weighted by Crippen LogP contribution is 2.62. The predicted octanol–water partition coefficient (Wildman–Crippen LogP) is 1.80. The molecule has 2 fully saturated rings. The fraction of sp³-hybridized carbons (Fsp3) is 0.769. The van der Waals surface area contributed by atoms with Crippen LogP contribution >= 0.6 is 12.2 Å². The van der Waals surface area contributed by atoms with Crippen LogP contribution in [0.15, 0.2) is 5.10 Å². The van der Waals surface area contributed by atoms with Gasteiger partial charge in [0, 0.05) is 25.4 Å². The molecule has 4 nitrogen and oxygen atoms in total. The average Bonchev–Trinajstić information content (AvgIpc) is 2.58. The first-order valence-electron chi connectivity index (χ1n) is 6.31. The molecule has 0 radical (unpaired) electrons. The zero-order valence-electron chi connectivity index (χ0n) is 11.7. The molecule has 0 amide bonds. The van der Waals surface area contributed by atoms with Crippen LogP contribution in [-0.4, -0.2) is 35.6 Å². The lowest BCUT2D eigenvalue weighted by Crippen LogP contribution is -2.35. The Morgan fingerprint density at radius 1 is 1.44 bits per heavy atom. The second-order valence-corrected chi connectivity index (χ2v) is 6.67. The Balaban J connectivity index is 2.25. The molecule has 0 aromatic rings. The van der Waals surface area contributed by atoms with Crippen LogP contribution in [0.1, 0.15) is 33.6 Å². The van der Waals surface area contributed by atoms with E-state index in [2.05, 4.69) is 31.3 Å². The van der Waals surface area contributed by atoms with E-state index in [1.807, 2.05) is 14.1 Å². The molecular weight excluding hydrogens is 246 g/mol. The maximum atomic E-state index is 12.5. The summed E-state index contributed by atoms with van der Waals surface area (Å²) in [4.78, 5) is 14.2. The van der Waals surface area contributed by atoms with E-state index in [-0.39, 0.29) is 22.5 Å². The van der Waals surface area contributed by atoms with Crippen LogP contribution in [-0.2, 0) is 4.79 Å². The van der Waals surface area contributed by atoms with Gasteiger partial charge in [-0.15, -0.1) is 0 Å². The van der Waals surface area contributed by atoms with Crippen molar-refractivity contribution in [3.63, 3.8) is 0 Å². The second-order valence-electron chi connectivity index (χ2n) is 6.28. The topological polar surface area (TPSA) is 44.7 Å². The summed E-state index contributed by atoms with van der Waals surface area (Å²) in [5.41, 5.74) is 3.25. The van der Waals surface area contributed by atoms with E-state index in [4.69, 9.17) is 12.2 Å². The number of hydrazone groups is 1. The van der Waals surface area contributed by atoms with E-state index in [1.165, 1.54) is 0 Å². The molecule has 5 heteroatoms. The molecule has 2 aliphatic rings. The maximum Gasteiger partial charge on any atom is 0.189 e. The summed E-state index contributed by atoms with van der Waals surface area (Å²) in [6, 6.07) is 0. The average molecular weight is 267 g/mol. The Morgan fingerprint density at radius 3 is 2.50 bits per heavy atom. The molecule has 100 valence electrons. The lowest BCUT2D eigenvalue weighted by atomic mass is 9.70. The van der Waals surface area contributed by atoms with Crippen LogP contribution in [0.5, 0.6) is 0 Å². The Morgan fingerprint density at radius 2 is 2.06 bits per heavy atom. The van der Waals surface area contributed by atoms with Crippen molar-refractivity contribution in [2.45, 2.75) is 33.6 Å². The fourth-order valence-electron chi connectivity index (χ4n) is 3.16. The first-order chi connectivity index (χ1) is 8.22. The number of carbonyl (C=O) groups excluding carboxylic acids is 1. The molecule has 0 aromatic carbocycles. The van der Waals surface area contributed by atoms with Crippen LogP contribution in [0, 0.1) is 16.7 Å². The first-order valence-corrected chi connectivity index (χ1v) is 6.72. The molecular formula is C13H21N3OS. The standard InChI is InChI=1S/C13H21N3OS/c1-12(2)8-6-7-13(12,3)10(17)9(8)14-15-11(18)16(4)5/h8H,6-7H2,1-5H3,(H,15,18)/b14-9+/t8-,13-/m1/s1. The second kappa shape index (κ2) is 4.02. The SMILES string of the molecule is CN(C)C(=S)N/N=C1/C(=O)[C@@]2(C)CC[C@H]1C2(C)C. The van der Waals surface area contributed by atoms with Crippen LogP contribution in [0.2, 0.25) is 0 Å². The van der Waals surface area contributed by atoms with Gasteiger partial charge in [0.1, 0.15) is 5.71 Å². The third-order valence-electron chi connectivity index (χ3n) is 4.97. The first kappa shape index (κ1) is 13.5. The largest absolute Gasteiger partial charge is 0.354 e. The van der Waals surface area contributed by atoms with Gasteiger partial charge in [-0.1, -0.05) is 20.8 Å². The van der Waals surface area contributed by atoms with Crippen molar-refractivity contribution in [2.75, 3.05) is 14.1 Å². The van der Waals surface area contributed by atoms with Gasteiger partial charge in [0.25, 0.3) is 0 Å². The molecule has 0 heterocycles. The summed E-state index contributed by atoms with van der Waals surface area (Å²) in [5, 5.41) is 4.81. The Bertz CT molecular complexity index is 442. The van der Waals surface area contributed by atoms with Gasteiger partial charge >= 0.3 is 0 Å². The minimum atomic E-state index is -0.252. The van der Waals surface area contributed by atoms with E-state index < -0.39 is 0 Å². The molecule has 18 heavy (non-hydrogen) atoms. The molecule has 2 saturated carbocycles. The zero-order valence-corrected chi connectivity index (χ0v) is 12.5. The van der Waals surface area contributed by atoms with Crippen LogP contribution in [0.4, 0.5) is 0 Å². The number of fused-ring (bicyclic) bond motifs is 2. The van der Waals surface area contributed by atoms with Gasteiger partial charge in [0.05, 0.1) is 0 Å². The molecule has 0 unspecified atom stereocenters. The summed E-state index contributed by atoms with van der Waals surface area (Å²) < 4.78 is 0. The van der Waals surface area contributed by atoms with Crippen LogP contribution < -0.4 is 5.43 Å². The van der Waals surface area contributed by atoms with Gasteiger partial charge in [-0.05, 0) is 30.5 Å². The van der Waals surface area contributed by atoms with Gasteiger partial charge in [-0.2, -0.15) is 5.10 Å². The van der Waals surface area contributed by atoms with Crippen molar-refractivity contribution in [1.29, 1.82) is 0 Å². The van der Waals surface area contributed by atoms with Crippen molar-refractivity contribution < 1.29 is 4.79 Å². The molecule has 0 aliphatic heterocycles. The minimum Gasteiger partial charge on any atom is -0.354 e. The van der Waals surface area contributed by atoms with E-state index in [0.717, 1.165) is 12.8 Å². The third kappa shape index (κ3) is 1.60. The number of Topliss-reactive ketones (excluding diaryl/α,β-unsaturated/α-hetero) is 1. The molecule has 2 aliphatic carbocycles. The Kier molecular flexibility index (Phi) is 3.00. The lowest BCUT2D eigenvalue weighted by Gasteiger charge is -2.31. The van der Waals surface area contributed by atoms with Crippen molar-refractivity contribution in [3.8, 4) is 0 Å². The maximum absolute atomic E-state index is 12.5. The smallest absolute Gasteiger partial charge is 0.189 e. The van der Waals surface area contributed by atoms with Gasteiger partial charge in [-0.25, -0.2) is 0 Å². The highest BCUT2D eigenvalue weighted by Gasteiger charge is 2.65. The Hall–Kier alpha value is -0.970. The number of hydrogen-bond acceptors (Lipinski definition) is 3. The lowest BCUT2D eigenvalue weighted by molar-refractivity contribution is -0.123. The number of ketones is 1.